The molecule has 3 aromatic rings. The first-order chi connectivity index (χ1) is 14.2. The zero-order chi connectivity index (χ0) is 21.9. The van der Waals surface area contributed by atoms with Gasteiger partial charge in [0.1, 0.15) is 10.6 Å². The number of ether oxygens (including phenoxy) is 1. The van der Waals surface area contributed by atoms with Crippen LogP contribution in [0.25, 0.3) is 0 Å². The van der Waals surface area contributed by atoms with Gasteiger partial charge in [-0.05, 0) is 67.4 Å². The number of amides is 1. The Labute approximate surface area is 180 Å². The van der Waals surface area contributed by atoms with Gasteiger partial charge < -0.3 is 10.1 Å². The number of rotatable bonds is 6. The monoisotopic (exact) mass is 444 g/mol. The van der Waals surface area contributed by atoms with Crippen LogP contribution in [-0.4, -0.2) is 21.4 Å². The summed E-state index contributed by atoms with van der Waals surface area (Å²) < 4.78 is 33.5. The average Bonchev–Trinajstić information content (AvgIpc) is 2.68. The predicted molar refractivity (Wildman–Crippen MR) is 119 cm³/mol. The Hall–Kier alpha value is -3.03. The molecule has 0 radical (unpaired) electrons. The standard InChI is InChI=1S/C22H21ClN2O4S/c1-14-5-4-6-17(11-14)25-30(27,28)21-13-16(8-9-18(21)23)22(26)24-19-12-15(2)7-10-20(19)29-3/h4-13,25H,1-3H3,(H,24,26). The Balaban J connectivity index is 1.91. The van der Waals surface area contributed by atoms with E-state index in [1.54, 1.807) is 30.3 Å². The van der Waals surface area contributed by atoms with E-state index >= 15 is 0 Å². The summed E-state index contributed by atoms with van der Waals surface area (Å²) in [6.07, 6.45) is 0. The molecular formula is C22H21ClN2O4S. The van der Waals surface area contributed by atoms with Gasteiger partial charge in [0.25, 0.3) is 15.9 Å². The van der Waals surface area contributed by atoms with E-state index in [-0.39, 0.29) is 15.5 Å². The molecule has 6 nitrogen and oxygen atoms in total. The topological polar surface area (TPSA) is 84.5 Å². The van der Waals surface area contributed by atoms with Gasteiger partial charge in [-0.1, -0.05) is 29.8 Å². The molecule has 3 aromatic carbocycles. The van der Waals surface area contributed by atoms with Crippen molar-refractivity contribution in [2.75, 3.05) is 17.1 Å². The largest absolute Gasteiger partial charge is 0.495 e. The molecule has 0 aromatic heterocycles. The number of hydrogen-bond acceptors (Lipinski definition) is 4. The molecule has 1 amide bonds. The molecule has 0 bridgehead atoms. The van der Waals surface area contributed by atoms with Crippen LogP contribution in [0.5, 0.6) is 5.75 Å². The van der Waals surface area contributed by atoms with Crippen LogP contribution >= 0.6 is 11.6 Å². The molecule has 0 unspecified atom stereocenters. The molecule has 0 saturated carbocycles. The minimum atomic E-state index is -4.00. The summed E-state index contributed by atoms with van der Waals surface area (Å²) in [5.41, 5.74) is 2.88. The Bertz CT molecular complexity index is 1210. The molecule has 0 saturated heterocycles. The summed E-state index contributed by atoms with van der Waals surface area (Å²) in [5.74, 6) is 0.0134. The third kappa shape index (κ3) is 4.93. The highest BCUT2D eigenvalue weighted by atomic mass is 35.5. The number of nitrogens with one attached hydrogen (secondary N) is 2. The van der Waals surface area contributed by atoms with Gasteiger partial charge in [-0.15, -0.1) is 0 Å². The summed E-state index contributed by atoms with van der Waals surface area (Å²) >= 11 is 6.14. The number of aryl methyl sites for hydroxylation is 2. The molecule has 0 fully saturated rings. The summed E-state index contributed by atoms with van der Waals surface area (Å²) in [5, 5.41) is 2.77. The molecule has 8 heteroatoms. The van der Waals surface area contributed by atoms with E-state index in [0.717, 1.165) is 11.1 Å². The zero-order valence-electron chi connectivity index (χ0n) is 16.7. The number of methoxy groups -OCH3 is 1. The second-order valence-corrected chi connectivity index (χ2v) is 8.84. The highest BCUT2D eigenvalue weighted by Crippen LogP contribution is 2.28. The summed E-state index contributed by atoms with van der Waals surface area (Å²) in [6.45, 7) is 3.74. The third-order valence-electron chi connectivity index (χ3n) is 4.36. The van der Waals surface area contributed by atoms with Crippen molar-refractivity contribution < 1.29 is 17.9 Å². The lowest BCUT2D eigenvalue weighted by Gasteiger charge is -2.13. The smallest absolute Gasteiger partial charge is 0.263 e. The normalized spacial score (nSPS) is 11.1. The number of sulfonamides is 1. The van der Waals surface area contributed by atoms with Crippen molar-refractivity contribution in [2.24, 2.45) is 0 Å². The maximum atomic E-state index is 12.9. The molecule has 0 spiro atoms. The Morgan fingerprint density at radius 1 is 0.967 bits per heavy atom. The van der Waals surface area contributed by atoms with E-state index < -0.39 is 15.9 Å². The molecule has 156 valence electrons. The second kappa shape index (κ2) is 8.77. The minimum absolute atomic E-state index is 0.0137. The quantitative estimate of drug-likeness (QED) is 0.559. The number of carbonyl (C=O) groups excluding carboxylic acids is 1. The lowest BCUT2D eigenvalue weighted by Crippen LogP contribution is -2.17. The van der Waals surface area contributed by atoms with Crippen molar-refractivity contribution in [2.45, 2.75) is 18.7 Å². The SMILES string of the molecule is COc1ccc(C)cc1NC(=O)c1ccc(Cl)c(S(=O)(=O)Nc2cccc(C)c2)c1. The van der Waals surface area contributed by atoms with Gasteiger partial charge in [-0.2, -0.15) is 0 Å². The fourth-order valence-corrected chi connectivity index (χ4v) is 4.46. The van der Waals surface area contributed by atoms with Crippen molar-refractivity contribution in [3.63, 3.8) is 0 Å². The van der Waals surface area contributed by atoms with Crippen LogP contribution in [0.4, 0.5) is 11.4 Å². The van der Waals surface area contributed by atoms with Gasteiger partial charge in [-0.25, -0.2) is 8.42 Å². The van der Waals surface area contributed by atoms with E-state index in [2.05, 4.69) is 10.0 Å². The fourth-order valence-electron chi connectivity index (χ4n) is 2.88. The second-order valence-electron chi connectivity index (χ2n) is 6.78. The highest BCUT2D eigenvalue weighted by molar-refractivity contribution is 7.92. The van der Waals surface area contributed by atoms with Crippen molar-refractivity contribution in [3.8, 4) is 5.75 Å². The van der Waals surface area contributed by atoms with Crippen LogP contribution in [-0.2, 0) is 10.0 Å². The maximum absolute atomic E-state index is 12.9. The molecule has 30 heavy (non-hydrogen) atoms. The minimum Gasteiger partial charge on any atom is -0.495 e. The number of benzene rings is 3. The number of halogens is 1. The van der Waals surface area contributed by atoms with Gasteiger partial charge in [0.15, 0.2) is 0 Å². The molecular weight excluding hydrogens is 424 g/mol. The molecule has 0 aliphatic rings. The molecule has 2 N–H and O–H groups in total. The molecule has 0 aliphatic heterocycles. The first kappa shape index (κ1) is 21.7. The summed E-state index contributed by atoms with van der Waals surface area (Å²) in [7, 11) is -2.49. The summed E-state index contributed by atoms with van der Waals surface area (Å²) in [4.78, 5) is 12.6. The Morgan fingerprint density at radius 3 is 2.40 bits per heavy atom. The lowest BCUT2D eigenvalue weighted by molar-refractivity contribution is 0.102. The molecule has 0 atom stereocenters. The van der Waals surface area contributed by atoms with Crippen LogP contribution in [0.1, 0.15) is 21.5 Å². The van der Waals surface area contributed by atoms with Crippen LogP contribution in [0, 0.1) is 13.8 Å². The average molecular weight is 445 g/mol. The first-order valence-corrected chi connectivity index (χ1v) is 10.9. The predicted octanol–water partition coefficient (Wildman–Crippen LogP) is 5.02. The molecule has 0 aliphatic carbocycles. The Kier molecular flexibility index (Phi) is 6.34. The van der Waals surface area contributed by atoms with Gasteiger partial charge in [0.2, 0.25) is 0 Å². The molecule has 0 heterocycles. The highest BCUT2D eigenvalue weighted by Gasteiger charge is 2.21. The van der Waals surface area contributed by atoms with Gasteiger partial charge in [0.05, 0.1) is 17.8 Å². The fraction of sp³-hybridized carbons (Fsp3) is 0.136. The van der Waals surface area contributed by atoms with Crippen LogP contribution in [0.3, 0.4) is 0 Å². The lowest BCUT2D eigenvalue weighted by atomic mass is 10.1. The zero-order valence-corrected chi connectivity index (χ0v) is 18.3. The number of hydrogen-bond donors (Lipinski definition) is 2. The van der Waals surface area contributed by atoms with Crippen molar-refractivity contribution in [3.05, 3.63) is 82.4 Å². The van der Waals surface area contributed by atoms with E-state index in [1.807, 2.05) is 26.0 Å². The van der Waals surface area contributed by atoms with E-state index in [9.17, 15) is 13.2 Å². The van der Waals surface area contributed by atoms with Crippen LogP contribution in [0.15, 0.2) is 65.6 Å². The maximum Gasteiger partial charge on any atom is 0.263 e. The van der Waals surface area contributed by atoms with Gasteiger partial charge in [-0.3, -0.25) is 9.52 Å². The number of anilines is 2. The third-order valence-corrected chi connectivity index (χ3v) is 6.22. The number of carbonyl (C=O) groups is 1. The molecule has 3 rings (SSSR count). The van der Waals surface area contributed by atoms with E-state index in [0.29, 0.717) is 17.1 Å². The first-order valence-electron chi connectivity index (χ1n) is 9.04. The Morgan fingerprint density at radius 2 is 1.70 bits per heavy atom. The van der Waals surface area contributed by atoms with Crippen molar-refractivity contribution >= 4 is 38.9 Å². The van der Waals surface area contributed by atoms with Gasteiger partial charge >= 0.3 is 0 Å². The summed E-state index contributed by atoms with van der Waals surface area (Å²) in [6, 6.07) is 16.4. The van der Waals surface area contributed by atoms with E-state index in [4.69, 9.17) is 16.3 Å². The van der Waals surface area contributed by atoms with Crippen LogP contribution in [0.2, 0.25) is 5.02 Å². The van der Waals surface area contributed by atoms with Crippen molar-refractivity contribution in [1.29, 1.82) is 0 Å². The van der Waals surface area contributed by atoms with Crippen molar-refractivity contribution in [1.82, 2.24) is 0 Å². The van der Waals surface area contributed by atoms with E-state index in [1.165, 1.54) is 25.3 Å². The van der Waals surface area contributed by atoms with Gasteiger partial charge in [0, 0.05) is 11.3 Å². The van der Waals surface area contributed by atoms with Crippen LogP contribution < -0.4 is 14.8 Å².